The molecule has 0 aliphatic carbocycles. The SMILES string of the molecule is Cc1cc(C(O)=C2C(=O)C(=O)N(CCCN(C)C)C2c2cccc(Oc3ccccc3)c2)ccc1OCC(C)C. The highest BCUT2D eigenvalue weighted by Crippen LogP contribution is 2.41. The van der Waals surface area contributed by atoms with Gasteiger partial charge in [-0.15, -0.1) is 0 Å². The van der Waals surface area contributed by atoms with E-state index in [-0.39, 0.29) is 11.3 Å². The van der Waals surface area contributed by atoms with E-state index in [1.807, 2.05) is 80.5 Å². The second kappa shape index (κ2) is 12.8. The minimum atomic E-state index is -0.751. The van der Waals surface area contributed by atoms with Gasteiger partial charge >= 0.3 is 0 Å². The van der Waals surface area contributed by atoms with Gasteiger partial charge in [-0.1, -0.05) is 44.2 Å². The second-order valence-electron chi connectivity index (χ2n) is 10.8. The molecule has 210 valence electrons. The molecule has 1 heterocycles. The minimum Gasteiger partial charge on any atom is -0.507 e. The summed E-state index contributed by atoms with van der Waals surface area (Å²) < 4.78 is 11.9. The Morgan fingerprint density at radius 2 is 1.70 bits per heavy atom. The van der Waals surface area contributed by atoms with E-state index in [9.17, 15) is 14.7 Å². The van der Waals surface area contributed by atoms with E-state index in [0.29, 0.717) is 48.1 Å². The molecule has 40 heavy (non-hydrogen) atoms. The number of nitrogens with zero attached hydrogens (tertiary/aromatic N) is 2. The van der Waals surface area contributed by atoms with Crippen LogP contribution in [0.25, 0.3) is 5.76 Å². The van der Waals surface area contributed by atoms with Gasteiger partial charge in [0.15, 0.2) is 0 Å². The summed E-state index contributed by atoms with van der Waals surface area (Å²) in [6.07, 6.45) is 0.678. The fourth-order valence-electron chi connectivity index (χ4n) is 4.76. The molecule has 1 atom stereocenters. The number of benzene rings is 3. The molecule has 0 aromatic heterocycles. The van der Waals surface area contributed by atoms with E-state index in [4.69, 9.17) is 9.47 Å². The van der Waals surface area contributed by atoms with Crippen molar-refractivity contribution in [3.05, 3.63) is 95.1 Å². The summed E-state index contributed by atoms with van der Waals surface area (Å²) in [5, 5.41) is 11.5. The first-order valence-electron chi connectivity index (χ1n) is 13.7. The van der Waals surface area contributed by atoms with E-state index in [1.54, 1.807) is 23.1 Å². The highest BCUT2D eigenvalue weighted by molar-refractivity contribution is 6.46. The summed E-state index contributed by atoms with van der Waals surface area (Å²) >= 11 is 0. The van der Waals surface area contributed by atoms with Crippen molar-refractivity contribution in [2.45, 2.75) is 33.2 Å². The first-order valence-corrected chi connectivity index (χ1v) is 13.7. The van der Waals surface area contributed by atoms with E-state index >= 15 is 0 Å². The summed E-state index contributed by atoms with van der Waals surface area (Å²) in [4.78, 5) is 30.4. The Bertz CT molecular complexity index is 1380. The number of likely N-dealkylation sites (tertiary alicyclic amines) is 1. The lowest BCUT2D eigenvalue weighted by molar-refractivity contribution is -0.139. The number of hydrogen-bond donors (Lipinski definition) is 1. The number of amides is 1. The van der Waals surface area contributed by atoms with Gasteiger partial charge in [0.25, 0.3) is 11.7 Å². The summed E-state index contributed by atoms with van der Waals surface area (Å²) in [5.41, 5.74) is 2.05. The molecule has 0 bridgehead atoms. The molecule has 0 radical (unpaired) electrons. The molecule has 4 rings (SSSR count). The number of rotatable bonds is 11. The molecule has 1 unspecified atom stereocenters. The summed E-state index contributed by atoms with van der Waals surface area (Å²) in [7, 11) is 3.93. The van der Waals surface area contributed by atoms with Crippen molar-refractivity contribution in [3.8, 4) is 17.2 Å². The predicted molar refractivity (Wildman–Crippen MR) is 157 cm³/mol. The van der Waals surface area contributed by atoms with E-state index < -0.39 is 17.7 Å². The molecule has 1 fully saturated rings. The lowest BCUT2D eigenvalue weighted by Crippen LogP contribution is -2.32. The molecular formula is C33H38N2O5. The molecule has 1 saturated heterocycles. The number of aliphatic hydroxyl groups is 1. The van der Waals surface area contributed by atoms with Gasteiger partial charge < -0.3 is 24.4 Å². The Kier molecular flexibility index (Phi) is 9.27. The van der Waals surface area contributed by atoms with Crippen molar-refractivity contribution < 1.29 is 24.2 Å². The topological polar surface area (TPSA) is 79.3 Å². The molecule has 1 amide bonds. The van der Waals surface area contributed by atoms with Crippen LogP contribution in [-0.2, 0) is 9.59 Å². The van der Waals surface area contributed by atoms with Crippen LogP contribution >= 0.6 is 0 Å². The third kappa shape index (κ3) is 6.72. The molecule has 0 spiro atoms. The summed E-state index contributed by atoms with van der Waals surface area (Å²) in [5.74, 6) is 0.827. The highest BCUT2D eigenvalue weighted by atomic mass is 16.5. The molecule has 1 aliphatic heterocycles. The monoisotopic (exact) mass is 542 g/mol. The summed E-state index contributed by atoms with van der Waals surface area (Å²) in [6, 6.07) is 21.3. The Morgan fingerprint density at radius 1 is 0.975 bits per heavy atom. The predicted octanol–water partition coefficient (Wildman–Crippen LogP) is 6.20. The fourth-order valence-corrected chi connectivity index (χ4v) is 4.76. The largest absolute Gasteiger partial charge is 0.507 e. The number of aliphatic hydroxyl groups excluding tert-OH is 1. The van der Waals surface area contributed by atoms with Crippen molar-refractivity contribution in [3.63, 3.8) is 0 Å². The van der Waals surface area contributed by atoms with Crippen LogP contribution in [0.1, 0.15) is 43.0 Å². The van der Waals surface area contributed by atoms with Crippen LogP contribution < -0.4 is 9.47 Å². The number of carbonyl (C=O) groups is 2. The van der Waals surface area contributed by atoms with Gasteiger partial charge in [0.2, 0.25) is 0 Å². The molecule has 7 heteroatoms. The number of carbonyl (C=O) groups excluding carboxylic acids is 2. The molecule has 7 nitrogen and oxygen atoms in total. The van der Waals surface area contributed by atoms with Crippen LogP contribution in [0.4, 0.5) is 0 Å². The highest BCUT2D eigenvalue weighted by Gasteiger charge is 2.46. The van der Waals surface area contributed by atoms with Gasteiger partial charge in [0.1, 0.15) is 23.0 Å². The van der Waals surface area contributed by atoms with Gasteiger partial charge in [-0.3, -0.25) is 9.59 Å². The molecule has 0 saturated carbocycles. The zero-order valence-corrected chi connectivity index (χ0v) is 23.9. The number of ether oxygens (including phenoxy) is 2. The van der Waals surface area contributed by atoms with Gasteiger partial charge in [-0.05, 0) is 93.5 Å². The van der Waals surface area contributed by atoms with E-state index in [0.717, 1.165) is 17.9 Å². The summed E-state index contributed by atoms with van der Waals surface area (Å²) in [6.45, 7) is 7.75. The lowest BCUT2D eigenvalue weighted by Gasteiger charge is -2.26. The van der Waals surface area contributed by atoms with Crippen molar-refractivity contribution in [1.82, 2.24) is 9.80 Å². The van der Waals surface area contributed by atoms with E-state index in [1.165, 1.54) is 0 Å². The first-order chi connectivity index (χ1) is 19.2. The molecule has 3 aromatic carbocycles. The normalized spacial score (nSPS) is 16.7. The maximum atomic E-state index is 13.4. The van der Waals surface area contributed by atoms with Crippen molar-refractivity contribution in [2.75, 3.05) is 33.8 Å². The smallest absolute Gasteiger partial charge is 0.295 e. The van der Waals surface area contributed by atoms with Gasteiger partial charge in [-0.2, -0.15) is 0 Å². The third-order valence-electron chi connectivity index (χ3n) is 6.72. The van der Waals surface area contributed by atoms with Crippen molar-refractivity contribution in [2.24, 2.45) is 5.92 Å². The van der Waals surface area contributed by atoms with Gasteiger partial charge in [0, 0.05) is 12.1 Å². The van der Waals surface area contributed by atoms with Crippen molar-refractivity contribution in [1.29, 1.82) is 0 Å². The Balaban J connectivity index is 1.75. The van der Waals surface area contributed by atoms with Crippen LogP contribution in [0, 0.1) is 12.8 Å². The average Bonchev–Trinajstić information content (AvgIpc) is 3.17. The lowest BCUT2D eigenvalue weighted by atomic mass is 9.94. The first kappa shape index (κ1) is 28.9. The maximum absolute atomic E-state index is 13.4. The molecular weight excluding hydrogens is 504 g/mol. The number of Topliss-reactive ketones (excluding diaryl/α,β-unsaturated/α-hetero) is 1. The standard InChI is InChI=1S/C33H38N2O5/c1-22(2)21-39-28-16-15-25(19-23(28)3)31(36)29-30(35(33(38)32(29)37)18-10-17-34(4)5)24-11-9-14-27(20-24)40-26-12-7-6-8-13-26/h6-9,11-16,19-20,22,30,36H,10,17-18,21H2,1-5H3. The number of hydrogen-bond acceptors (Lipinski definition) is 6. The van der Waals surface area contributed by atoms with E-state index in [2.05, 4.69) is 13.8 Å². The van der Waals surface area contributed by atoms with Crippen LogP contribution in [0.3, 0.4) is 0 Å². The Hall–Kier alpha value is -4.10. The van der Waals surface area contributed by atoms with Crippen LogP contribution in [0.5, 0.6) is 17.2 Å². The van der Waals surface area contributed by atoms with Crippen LogP contribution in [-0.4, -0.2) is 60.4 Å². The second-order valence-corrected chi connectivity index (χ2v) is 10.8. The third-order valence-corrected chi connectivity index (χ3v) is 6.72. The number of aryl methyl sites for hydroxylation is 1. The quantitative estimate of drug-likeness (QED) is 0.177. The number of para-hydroxylation sites is 1. The molecule has 1 N–H and O–H groups in total. The van der Waals surface area contributed by atoms with Crippen LogP contribution in [0.15, 0.2) is 78.4 Å². The number of ketones is 1. The van der Waals surface area contributed by atoms with Gasteiger partial charge in [-0.25, -0.2) is 0 Å². The minimum absolute atomic E-state index is 0.0713. The average molecular weight is 543 g/mol. The molecule has 3 aromatic rings. The Labute approximate surface area is 236 Å². The van der Waals surface area contributed by atoms with Crippen molar-refractivity contribution >= 4 is 17.4 Å². The maximum Gasteiger partial charge on any atom is 0.295 e. The fraction of sp³-hybridized carbons (Fsp3) is 0.333. The van der Waals surface area contributed by atoms with Gasteiger partial charge in [0.05, 0.1) is 18.2 Å². The molecule has 1 aliphatic rings. The van der Waals surface area contributed by atoms with Crippen LogP contribution in [0.2, 0.25) is 0 Å². The zero-order chi connectivity index (χ0) is 28.8. The Morgan fingerprint density at radius 3 is 2.38 bits per heavy atom. The zero-order valence-electron chi connectivity index (χ0n) is 23.9.